The number of halogens is 5. The van der Waals surface area contributed by atoms with Gasteiger partial charge in [0, 0.05) is 34.9 Å². The van der Waals surface area contributed by atoms with Crippen molar-refractivity contribution < 1.29 is 25.8 Å². The molecule has 0 saturated carbocycles. The molecule has 0 aromatic heterocycles. The van der Waals surface area contributed by atoms with Crippen LogP contribution in [0.5, 0.6) is 5.75 Å². The molecule has 0 spiro atoms. The van der Waals surface area contributed by atoms with Gasteiger partial charge in [0.2, 0.25) is 0 Å². The quantitative estimate of drug-likeness (QED) is 0.448. The summed E-state index contributed by atoms with van der Waals surface area (Å²) in [6, 6.07) is 9.26. The van der Waals surface area contributed by atoms with Crippen molar-refractivity contribution in [2.45, 2.75) is 31.3 Å². The molecular weight excluding hydrogens is 438 g/mol. The highest BCUT2D eigenvalue weighted by molar-refractivity contribution is 7.88. The summed E-state index contributed by atoms with van der Waals surface area (Å²) in [5.74, 6) is -0.384. The van der Waals surface area contributed by atoms with Gasteiger partial charge in [-0.3, -0.25) is 0 Å². The fraction of sp³-hybridized carbons (Fsp3) is 0.333. The van der Waals surface area contributed by atoms with Crippen LogP contribution >= 0.6 is 23.2 Å². The van der Waals surface area contributed by atoms with Crippen LogP contribution < -0.4 is 9.08 Å². The molecule has 1 aliphatic heterocycles. The molecule has 0 atom stereocenters. The maximum Gasteiger partial charge on any atom is 0.534 e. The van der Waals surface area contributed by atoms with Gasteiger partial charge in [-0.25, -0.2) is 0 Å². The Morgan fingerprint density at radius 3 is 2.50 bits per heavy atom. The largest absolute Gasteiger partial charge is 0.534 e. The molecule has 0 aliphatic carbocycles. The molecule has 3 rings (SSSR count). The lowest BCUT2D eigenvalue weighted by Gasteiger charge is -2.26. The van der Waals surface area contributed by atoms with Crippen LogP contribution in [0.15, 0.2) is 36.4 Å². The number of benzene rings is 2. The van der Waals surface area contributed by atoms with Crippen molar-refractivity contribution in [2.75, 3.05) is 11.4 Å². The standard InChI is InChI=1S/C18H16Cl2F3NO3S/c19-14-6-4-13(16(20)9-14)11-24-8-2-1-3-12-5-7-15(10-17(12)24)27-28(25,26)18(21,22)23/h4-7,9-10H,1-3,8,11H2. The van der Waals surface area contributed by atoms with Crippen molar-refractivity contribution in [3.8, 4) is 5.75 Å². The van der Waals surface area contributed by atoms with Gasteiger partial charge in [-0.2, -0.15) is 21.6 Å². The Morgan fingerprint density at radius 1 is 1.07 bits per heavy atom. The minimum absolute atomic E-state index is 0.384. The van der Waals surface area contributed by atoms with E-state index < -0.39 is 15.6 Å². The van der Waals surface area contributed by atoms with Gasteiger partial charge < -0.3 is 9.08 Å². The molecule has 0 N–H and O–H groups in total. The Bertz CT molecular complexity index is 981. The van der Waals surface area contributed by atoms with E-state index in [1.54, 1.807) is 24.3 Å². The number of aryl methyl sites for hydroxylation is 1. The first-order valence-corrected chi connectivity index (χ1v) is 10.6. The first kappa shape index (κ1) is 21.1. The highest BCUT2D eigenvalue weighted by atomic mass is 35.5. The van der Waals surface area contributed by atoms with E-state index in [9.17, 15) is 21.6 Å². The Morgan fingerprint density at radius 2 is 1.82 bits per heavy atom. The van der Waals surface area contributed by atoms with Gasteiger partial charge in [-0.1, -0.05) is 35.3 Å². The third-order valence-electron chi connectivity index (χ3n) is 4.39. The van der Waals surface area contributed by atoms with Crippen LogP contribution in [0.4, 0.5) is 18.9 Å². The van der Waals surface area contributed by atoms with E-state index in [0.29, 0.717) is 28.8 Å². The smallest absolute Gasteiger partial charge is 0.376 e. The predicted molar refractivity (Wildman–Crippen MR) is 102 cm³/mol. The SMILES string of the molecule is O=S(=O)(Oc1ccc2c(c1)N(Cc1ccc(Cl)cc1Cl)CCCC2)C(F)(F)F. The van der Waals surface area contributed by atoms with Crippen LogP contribution in [0.3, 0.4) is 0 Å². The highest BCUT2D eigenvalue weighted by Crippen LogP contribution is 2.35. The van der Waals surface area contributed by atoms with Gasteiger partial charge in [0.05, 0.1) is 0 Å². The number of hydrogen-bond donors (Lipinski definition) is 0. The monoisotopic (exact) mass is 453 g/mol. The summed E-state index contributed by atoms with van der Waals surface area (Å²) < 4.78 is 64.8. The average Bonchev–Trinajstić information content (AvgIpc) is 2.78. The van der Waals surface area contributed by atoms with Gasteiger partial charge >= 0.3 is 15.6 Å². The minimum atomic E-state index is -5.73. The molecule has 2 aromatic carbocycles. The summed E-state index contributed by atoms with van der Waals surface area (Å²) in [5, 5.41) is 0.975. The molecule has 0 unspecified atom stereocenters. The van der Waals surface area contributed by atoms with Crippen molar-refractivity contribution in [2.24, 2.45) is 0 Å². The molecule has 0 bridgehead atoms. The molecule has 0 fully saturated rings. The number of hydrogen-bond acceptors (Lipinski definition) is 4. The molecule has 4 nitrogen and oxygen atoms in total. The highest BCUT2D eigenvalue weighted by Gasteiger charge is 2.48. The molecule has 1 heterocycles. The lowest BCUT2D eigenvalue weighted by atomic mass is 10.1. The molecule has 0 radical (unpaired) electrons. The van der Waals surface area contributed by atoms with Crippen molar-refractivity contribution in [1.82, 2.24) is 0 Å². The summed E-state index contributed by atoms with van der Waals surface area (Å²) in [4.78, 5) is 1.95. The van der Waals surface area contributed by atoms with E-state index in [2.05, 4.69) is 4.18 Å². The number of anilines is 1. The topological polar surface area (TPSA) is 46.6 Å². The van der Waals surface area contributed by atoms with Crippen LogP contribution in [0.1, 0.15) is 24.0 Å². The minimum Gasteiger partial charge on any atom is -0.376 e. The van der Waals surface area contributed by atoms with Crippen LogP contribution in [0.2, 0.25) is 10.0 Å². The maximum atomic E-state index is 12.6. The lowest BCUT2D eigenvalue weighted by Crippen LogP contribution is -2.28. The van der Waals surface area contributed by atoms with Gasteiger partial charge in [-0.05, 0) is 48.6 Å². The second kappa shape index (κ2) is 8.00. The van der Waals surface area contributed by atoms with Gasteiger partial charge in [0.15, 0.2) is 0 Å². The Kier molecular flexibility index (Phi) is 6.03. The summed E-state index contributed by atoms with van der Waals surface area (Å²) in [5.41, 5.74) is -3.16. The van der Waals surface area contributed by atoms with E-state index in [4.69, 9.17) is 23.2 Å². The van der Waals surface area contributed by atoms with Crippen LogP contribution in [0, 0.1) is 0 Å². The van der Waals surface area contributed by atoms with E-state index in [-0.39, 0.29) is 5.75 Å². The summed E-state index contributed by atoms with van der Waals surface area (Å²) in [7, 11) is -5.73. The molecule has 0 amide bonds. The zero-order valence-corrected chi connectivity index (χ0v) is 16.8. The average molecular weight is 454 g/mol. The van der Waals surface area contributed by atoms with E-state index in [0.717, 1.165) is 30.4 Å². The Hall–Kier alpha value is -1.64. The molecular formula is C18H16Cl2F3NO3S. The zero-order chi connectivity index (χ0) is 20.5. The normalized spacial score (nSPS) is 15.1. The maximum absolute atomic E-state index is 12.6. The van der Waals surface area contributed by atoms with Gasteiger partial charge in [0.25, 0.3) is 0 Å². The lowest BCUT2D eigenvalue weighted by molar-refractivity contribution is -0.0500. The number of fused-ring (bicyclic) bond motifs is 1. The van der Waals surface area contributed by atoms with E-state index in [1.807, 2.05) is 4.90 Å². The van der Waals surface area contributed by atoms with Gasteiger partial charge in [-0.15, -0.1) is 0 Å². The Labute approximate surface area is 170 Å². The van der Waals surface area contributed by atoms with Crippen molar-refractivity contribution in [1.29, 1.82) is 0 Å². The van der Waals surface area contributed by atoms with Gasteiger partial charge in [0.1, 0.15) is 5.75 Å². The fourth-order valence-electron chi connectivity index (χ4n) is 3.03. The van der Waals surface area contributed by atoms with Crippen molar-refractivity contribution in [3.05, 3.63) is 57.6 Å². The predicted octanol–water partition coefficient (Wildman–Crippen LogP) is 5.56. The van der Waals surface area contributed by atoms with E-state index in [1.165, 1.54) is 12.1 Å². The molecule has 2 aromatic rings. The molecule has 1 aliphatic rings. The zero-order valence-electron chi connectivity index (χ0n) is 14.5. The first-order chi connectivity index (χ1) is 13.1. The number of nitrogens with zero attached hydrogens (tertiary/aromatic N) is 1. The summed E-state index contributed by atoms with van der Waals surface area (Å²) in [6.45, 7) is 1.04. The first-order valence-electron chi connectivity index (χ1n) is 8.39. The number of rotatable bonds is 4. The number of alkyl halides is 3. The fourth-order valence-corrected chi connectivity index (χ4v) is 3.95. The summed E-state index contributed by atoms with van der Waals surface area (Å²) >= 11 is 12.2. The second-order valence-electron chi connectivity index (χ2n) is 6.39. The molecule has 0 saturated heterocycles. The van der Waals surface area contributed by atoms with Crippen LogP contribution in [0.25, 0.3) is 0 Å². The van der Waals surface area contributed by atoms with Crippen molar-refractivity contribution in [3.63, 3.8) is 0 Å². The van der Waals surface area contributed by atoms with E-state index >= 15 is 0 Å². The Balaban J connectivity index is 1.94. The second-order valence-corrected chi connectivity index (χ2v) is 8.77. The molecule has 28 heavy (non-hydrogen) atoms. The molecule has 152 valence electrons. The van der Waals surface area contributed by atoms with Crippen LogP contribution in [-0.4, -0.2) is 20.5 Å². The third-order valence-corrected chi connectivity index (χ3v) is 5.95. The summed E-state index contributed by atoms with van der Waals surface area (Å²) in [6.07, 6.45) is 2.50. The molecule has 10 heteroatoms. The van der Waals surface area contributed by atoms with Crippen molar-refractivity contribution >= 4 is 39.0 Å². The van der Waals surface area contributed by atoms with Crippen LogP contribution in [-0.2, 0) is 23.1 Å². The third kappa shape index (κ3) is 4.67.